The minimum absolute atomic E-state index is 0.0427. The van der Waals surface area contributed by atoms with Gasteiger partial charge in [-0.25, -0.2) is 0 Å². The number of fused-ring (bicyclic) bond motifs is 1. The molecule has 2 aliphatic rings. The Morgan fingerprint density at radius 2 is 1.82 bits per heavy atom. The second kappa shape index (κ2) is 8.82. The Morgan fingerprint density at radius 3 is 2.44 bits per heavy atom. The summed E-state index contributed by atoms with van der Waals surface area (Å²) in [6.45, 7) is 13.3. The number of amides is 2. The van der Waals surface area contributed by atoms with Gasteiger partial charge >= 0.3 is 0 Å². The van der Waals surface area contributed by atoms with E-state index >= 15 is 0 Å². The molecule has 1 N–H and O–H groups in total. The van der Waals surface area contributed by atoms with Gasteiger partial charge in [0.05, 0.1) is 5.69 Å². The second-order valence-corrected chi connectivity index (χ2v) is 10.9. The molecule has 2 aromatic carbocycles. The zero-order valence-corrected chi connectivity index (χ0v) is 22.0. The molecule has 0 radical (unpaired) electrons. The van der Waals surface area contributed by atoms with E-state index < -0.39 is 11.8 Å². The highest BCUT2D eigenvalue weighted by Crippen LogP contribution is 2.45. The first kappa shape index (κ1) is 24.4. The van der Waals surface area contributed by atoms with Gasteiger partial charge in [-0.05, 0) is 118 Å². The van der Waals surface area contributed by atoms with Gasteiger partial charge in [-0.3, -0.25) is 19.8 Å². The minimum Gasteiger partial charge on any atom is -0.364 e. The van der Waals surface area contributed by atoms with Gasteiger partial charge in [-0.1, -0.05) is 18.5 Å². The average molecular weight is 496 g/mol. The van der Waals surface area contributed by atoms with Crippen LogP contribution in [0.4, 0.5) is 11.4 Å². The Labute approximate surface area is 211 Å². The maximum absolute atomic E-state index is 13.4. The molecule has 1 saturated heterocycles. The van der Waals surface area contributed by atoms with Gasteiger partial charge in [0.2, 0.25) is 0 Å². The summed E-state index contributed by atoms with van der Waals surface area (Å²) in [5.74, 6) is -0.590. The van der Waals surface area contributed by atoms with Gasteiger partial charge in [0.1, 0.15) is 5.57 Å². The van der Waals surface area contributed by atoms with Crippen molar-refractivity contribution in [2.75, 3.05) is 9.80 Å². The Hall–Kier alpha value is -2.70. The smallest absolute Gasteiger partial charge is 0.270 e. The van der Waals surface area contributed by atoms with E-state index in [0.29, 0.717) is 22.7 Å². The van der Waals surface area contributed by atoms with Gasteiger partial charge in [0.25, 0.3) is 11.8 Å². The van der Waals surface area contributed by atoms with Crippen LogP contribution in [0.25, 0.3) is 6.08 Å². The number of hydrogen-bond acceptors (Lipinski definition) is 4. The first-order chi connectivity index (χ1) is 15.9. The molecule has 1 atom stereocenters. The predicted octanol–water partition coefficient (Wildman–Crippen LogP) is 5.98. The lowest BCUT2D eigenvalue weighted by Crippen LogP contribution is -2.54. The summed E-state index contributed by atoms with van der Waals surface area (Å²) in [7, 11) is 0. The zero-order chi connectivity index (χ0) is 24.9. The molecule has 0 aromatic heterocycles. The molecule has 2 aromatic rings. The average Bonchev–Trinajstić information content (AvgIpc) is 2.72. The Balaban J connectivity index is 1.78. The Morgan fingerprint density at radius 1 is 1.18 bits per heavy atom. The normalized spacial score (nSPS) is 21.2. The summed E-state index contributed by atoms with van der Waals surface area (Å²) in [6, 6.07) is 11.4. The van der Waals surface area contributed by atoms with E-state index in [2.05, 4.69) is 57.0 Å². The van der Waals surface area contributed by atoms with Crippen molar-refractivity contribution < 1.29 is 9.59 Å². The molecule has 0 spiro atoms. The number of hydrogen-bond donors (Lipinski definition) is 1. The molecule has 0 unspecified atom stereocenters. The fourth-order valence-electron chi connectivity index (χ4n) is 5.38. The van der Waals surface area contributed by atoms with Gasteiger partial charge in [-0.15, -0.1) is 0 Å². The molecular formula is C27H30ClN3O2S. The highest BCUT2D eigenvalue weighted by molar-refractivity contribution is 7.80. The van der Waals surface area contributed by atoms with Crippen molar-refractivity contribution >= 4 is 58.2 Å². The predicted molar refractivity (Wildman–Crippen MR) is 144 cm³/mol. The van der Waals surface area contributed by atoms with Crippen molar-refractivity contribution in [2.24, 2.45) is 0 Å². The van der Waals surface area contributed by atoms with E-state index in [1.807, 2.05) is 6.92 Å². The monoisotopic (exact) mass is 495 g/mol. The summed E-state index contributed by atoms with van der Waals surface area (Å²) >= 11 is 11.3. The molecule has 0 aliphatic carbocycles. The fraction of sp³-hybridized carbons (Fsp3) is 0.370. The number of aryl methyl sites for hydroxylation is 1. The minimum atomic E-state index is -0.490. The molecule has 4 rings (SSSR count). The van der Waals surface area contributed by atoms with E-state index in [1.165, 1.54) is 16.2 Å². The quantitative estimate of drug-likeness (QED) is 0.323. The van der Waals surface area contributed by atoms with Crippen LogP contribution in [0.2, 0.25) is 5.02 Å². The largest absolute Gasteiger partial charge is 0.364 e. The molecule has 178 valence electrons. The highest BCUT2D eigenvalue weighted by atomic mass is 35.5. The van der Waals surface area contributed by atoms with Crippen molar-refractivity contribution in [3.05, 3.63) is 63.7 Å². The number of anilines is 2. The third-order valence-electron chi connectivity index (χ3n) is 6.67. The van der Waals surface area contributed by atoms with Crippen molar-refractivity contribution in [3.63, 3.8) is 0 Å². The number of nitrogens with one attached hydrogen (secondary N) is 1. The van der Waals surface area contributed by atoms with Gasteiger partial charge in [0.15, 0.2) is 5.11 Å². The van der Waals surface area contributed by atoms with Crippen LogP contribution < -0.4 is 15.1 Å². The van der Waals surface area contributed by atoms with Crippen molar-refractivity contribution in [1.82, 2.24) is 5.32 Å². The highest BCUT2D eigenvalue weighted by Gasteiger charge is 2.38. The van der Waals surface area contributed by atoms with Crippen molar-refractivity contribution in [1.29, 1.82) is 0 Å². The van der Waals surface area contributed by atoms with Crippen LogP contribution in [0.1, 0.15) is 63.6 Å². The maximum Gasteiger partial charge on any atom is 0.270 e. The van der Waals surface area contributed by atoms with Gasteiger partial charge < -0.3 is 4.90 Å². The molecule has 2 aliphatic heterocycles. The third kappa shape index (κ3) is 4.25. The van der Waals surface area contributed by atoms with Crippen LogP contribution in [0.15, 0.2) is 42.0 Å². The third-order valence-corrected chi connectivity index (χ3v) is 7.20. The molecule has 34 heavy (non-hydrogen) atoms. The number of carbonyl (C=O) groups is 2. The first-order valence-electron chi connectivity index (χ1n) is 11.5. The molecular weight excluding hydrogens is 466 g/mol. The Kier molecular flexibility index (Phi) is 6.34. The number of benzene rings is 2. The Bertz CT molecular complexity index is 1220. The molecule has 2 amide bonds. The van der Waals surface area contributed by atoms with Gasteiger partial charge in [0, 0.05) is 22.3 Å². The summed E-state index contributed by atoms with van der Waals surface area (Å²) in [4.78, 5) is 30.0. The van der Waals surface area contributed by atoms with Crippen LogP contribution >= 0.6 is 23.8 Å². The van der Waals surface area contributed by atoms with Crippen LogP contribution in [0.5, 0.6) is 0 Å². The lowest BCUT2D eigenvalue weighted by molar-refractivity contribution is -0.122. The summed E-state index contributed by atoms with van der Waals surface area (Å²) in [5.41, 5.74) is 4.97. The molecule has 0 bridgehead atoms. The van der Waals surface area contributed by atoms with Crippen molar-refractivity contribution in [3.8, 4) is 0 Å². The summed E-state index contributed by atoms with van der Waals surface area (Å²) in [6.07, 6.45) is 2.71. The number of carbonyl (C=O) groups excluding carboxylic acids is 2. The lowest BCUT2D eigenvalue weighted by atomic mass is 9.78. The van der Waals surface area contributed by atoms with Crippen molar-refractivity contribution in [2.45, 2.75) is 65.5 Å². The molecule has 0 saturated carbocycles. The topological polar surface area (TPSA) is 52.7 Å². The van der Waals surface area contributed by atoms with E-state index in [4.69, 9.17) is 23.8 Å². The second-order valence-electron chi connectivity index (χ2n) is 10.1. The standard InChI is InChI=1S/C27H30ClN3O2S/c1-15(2)31-23-11-16(3)18(12-21(23)17(4)14-27(31,5)6)13-22-24(32)29-26(34)30(25(22)33)20-9-7-19(28)8-10-20/h7-13,15,17H,14H2,1-6H3,(H,29,32,34)/b22-13+/t17-/m1/s1. The van der Waals surface area contributed by atoms with E-state index in [1.54, 1.807) is 30.3 Å². The molecule has 7 heteroatoms. The van der Waals surface area contributed by atoms with Gasteiger partial charge in [-0.2, -0.15) is 0 Å². The molecule has 2 heterocycles. The van der Waals surface area contributed by atoms with E-state index in [-0.39, 0.29) is 16.2 Å². The van der Waals surface area contributed by atoms with Crippen LogP contribution in [-0.2, 0) is 9.59 Å². The van der Waals surface area contributed by atoms with Crippen LogP contribution in [0.3, 0.4) is 0 Å². The number of thiocarbonyl (C=S) groups is 1. The maximum atomic E-state index is 13.4. The summed E-state index contributed by atoms with van der Waals surface area (Å²) in [5, 5.41) is 3.26. The van der Waals surface area contributed by atoms with E-state index in [9.17, 15) is 9.59 Å². The van der Waals surface area contributed by atoms with E-state index in [0.717, 1.165) is 17.5 Å². The lowest BCUT2D eigenvalue weighted by Gasteiger charge is -2.50. The molecule has 1 fully saturated rings. The zero-order valence-electron chi connectivity index (χ0n) is 20.4. The molecule has 5 nitrogen and oxygen atoms in total. The van der Waals surface area contributed by atoms with Crippen LogP contribution in [0, 0.1) is 6.92 Å². The summed E-state index contributed by atoms with van der Waals surface area (Å²) < 4.78 is 0. The number of halogens is 1. The first-order valence-corrected chi connectivity index (χ1v) is 12.3. The number of nitrogens with zero attached hydrogens (tertiary/aromatic N) is 2. The fourth-order valence-corrected chi connectivity index (χ4v) is 5.79. The van der Waals surface area contributed by atoms with Crippen LogP contribution in [-0.4, -0.2) is 28.5 Å². The number of rotatable bonds is 3. The SMILES string of the molecule is Cc1cc2c(cc1/C=C1\C(=O)NC(=S)N(c3ccc(Cl)cc3)C1=O)[C@H](C)CC(C)(C)N2C(C)C.